The first-order valence-electron chi connectivity index (χ1n) is 4.58. The van der Waals surface area contributed by atoms with E-state index in [2.05, 4.69) is 4.98 Å². The maximum Gasteiger partial charge on any atom is 0.124 e. The lowest BCUT2D eigenvalue weighted by Crippen LogP contribution is -1.85. The molecule has 1 heterocycles. The number of aryl methyl sites for hydroxylation is 1. The molecule has 0 unspecified atom stereocenters. The number of halogens is 1. The number of benzene rings is 1. The molecule has 0 aliphatic rings. The van der Waals surface area contributed by atoms with Gasteiger partial charge in [-0.25, -0.2) is 4.39 Å². The van der Waals surface area contributed by atoms with Gasteiger partial charge in [-0.05, 0) is 42.8 Å². The van der Waals surface area contributed by atoms with Crippen LogP contribution in [0.4, 0.5) is 4.39 Å². The Hall–Kier alpha value is -1.90. The number of hydrogen-bond acceptors (Lipinski definition) is 2. The third-order valence-corrected chi connectivity index (χ3v) is 2.17. The lowest BCUT2D eigenvalue weighted by molar-refractivity contribution is 0.475. The molecule has 15 heavy (non-hydrogen) atoms. The lowest BCUT2D eigenvalue weighted by Gasteiger charge is -2.05. The lowest BCUT2D eigenvalue weighted by atomic mass is 10.1. The Morgan fingerprint density at radius 1 is 1.20 bits per heavy atom. The summed E-state index contributed by atoms with van der Waals surface area (Å²) in [5, 5.41) is 9.59. The Labute approximate surface area is 87.0 Å². The molecule has 1 N–H and O–H groups in total. The first-order valence-corrected chi connectivity index (χ1v) is 4.58. The second-order valence-corrected chi connectivity index (χ2v) is 3.35. The summed E-state index contributed by atoms with van der Waals surface area (Å²) in [4.78, 5) is 4.04. The average Bonchev–Trinajstić information content (AvgIpc) is 2.22. The molecule has 0 atom stereocenters. The van der Waals surface area contributed by atoms with Gasteiger partial charge in [0.15, 0.2) is 0 Å². The molecule has 0 saturated carbocycles. The number of aromatic nitrogens is 1. The van der Waals surface area contributed by atoms with Crippen LogP contribution in [0.2, 0.25) is 0 Å². The summed E-state index contributed by atoms with van der Waals surface area (Å²) in [5.41, 5.74) is 2.08. The normalized spacial score (nSPS) is 10.3. The molecule has 76 valence electrons. The van der Waals surface area contributed by atoms with E-state index in [-0.39, 0.29) is 11.6 Å². The highest BCUT2D eigenvalue weighted by Crippen LogP contribution is 2.29. The number of rotatable bonds is 1. The Kier molecular flexibility index (Phi) is 2.37. The first-order chi connectivity index (χ1) is 7.16. The number of pyridine rings is 1. The van der Waals surface area contributed by atoms with Crippen LogP contribution >= 0.6 is 0 Å². The second-order valence-electron chi connectivity index (χ2n) is 3.35. The van der Waals surface area contributed by atoms with Gasteiger partial charge in [-0.15, -0.1) is 0 Å². The van der Waals surface area contributed by atoms with Crippen LogP contribution in [-0.4, -0.2) is 10.1 Å². The highest BCUT2D eigenvalue weighted by Gasteiger charge is 2.05. The highest BCUT2D eigenvalue weighted by atomic mass is 19.1. The summed E-state index contributed by atoms with van der Waals surface area (Å²) in [6.07, 6.45) is 1.63. The number of nitrogens with zero attached hydrogens (tertiary/aromatic N) is 1. The van der Waals surface area contributed by atoms with Gasteiger partial charge in [0.05, 0.1) is 0 Å². The summed E-state index contributed by atoms with van der Waals surface area (Å²) in [6.45, 7) is 1.85. The van der Waals surface area contributed by atoms with Crippen molar-refractivity contribution < 1.29 is 9.50 Å². The van der Waals surface area contributed by atoms with Crippen LogP contribution in [0.5, 0.6) is 5.75 Å². The molecule has 2 nitrogen and oxygen atoms in total. The van der Waals surface area contributed by atoms with E-state index in [1.807, 2.05) is 6.92 Å². The fourth-order valence-corrected chi connectivity index (χ4v) is 1.45. The predicted octanol–water partition coefficient (Wildman–Crippen LogP) is 2.90. The summed E-state index contributed by atoms with van der Waals surface area (Å²) in [6, 6.07) is 7.42. The molecule has 0 radical (unpaired) electrons. The smallest absolute Gasteiger partial charge is 0.124 e. The van der Waals surface area contributed by atoms with Crippen molar-refractivity contribution in [1.82, 2.24) is 4.98 Å². The van der Waals surface area contributed by atoms with Crippen molar-refractivity contribution in [2.45, 2.75) is 6.92 Å². The van der Waals surface area contributed by atoms with Crippen LogP contribution in [0.3, 0.4) is 0 Å². The molecular weight excluding hydrogens is 193 g/mol. The minimum Gasteiger partial charge on any atom is -0.507 e. The number of aromatic hydroxyl groups is 1. The van der Waals surface area contributed by atoms with E-state index in [0.717, 1.165) is 11.3 Å². The Morgan fingerprint density at radius 2 is 2.00 bits per heavy atom. The van der Waals surface area contributed by atoms with Gasteiger partial charge in [-0.2, -0.15) is 0 Å². The number of phenols is 1. The van der Waals surface area contributed by atoms with E-state index in [1.54, 1.807) is 18.3 Å². The van der Waals surface area contributed by atoms with Crippen LogP contribution in [0.25, 0.3) is 11.1 Å². The third kappa shape index (κ3) is 1.96. The molecule has 1 aromatic carbocycles. The fourth-order valence-electron chi connectivity index (χ4n) is 1.45. The minimum atomic E-state index is -0.364. The zero-order valence-corrected chi connectivity index (χ0v) is 8.24. The van der Waals surface area contributed by atoms with E-state index in [9.17, 15) is 9.50 Å². The van der Waals surface area contributed by atoms with Gasteiger partial charge in [0.2, 0.25) is 0 Å². The molecule has 0 spiro atoms. The van der Waals surface area contributed by atoms with Crippen LogP contribution < -0.4 is 0 Å². The Bertz CT molecular complexity index is 497. The molecule has 0 bridgehead atoms. The van der Waals surface area contributed by atoms with E-state index in [1.165, 1.54) is 18.2 Å². The monoisotopic (exact) mass is 203 g/mol. The zero-order valence-electron chi connectivity index (χ0n) is 8.24. The van der Waals surface area contributed by atoms with Gasteiger partial charge in [0.25, 0.3) is 0 Å². The number of hydrogen-bond donors (Lipinski definition) is 1. The molecule has 3 heteroatoms. The van der Waals surface area contributed by atoms with Gasteiger partial charge >= 0.3 is 0 Å². The van der Waals surface area contributed by atoms with E-state index >= 15 is 0 Å². The molecule has 0 aliphatic heterocycles. The molecule has 1 aromatic heterocycles. The van der Waals surface area contributed by atoms with E-state index < -0.39 is 0 Å². The van der Waals surface area contributed by atoms with Crippen molar-refractivity contribution in [3.05, 3.63) is 48.0 Å². The van der Waals surface area contributed by atoms with Crippen molar-refractivity contribution in [2.24, 2.45) is 0 Å². The van der Waals surface area contributed by atoms with E-state index in [4.69, 9.17) is 0 Å². The zero-order chi connectivity index (χ0) is 10.8. The fraction of sp³-hybridized carbons (Fsp3) is 0.0833. The molecule has 0 aliphatic carbocycles. The molecule has 0 amide bonds. The molecule has 2 aromatic rings. The summed E-state index contributed by atoms with van der Waals surface area (Å²) >= 11 is 0. The summed E-state index contributed by atoms with van der Waals surface area (Å²) in [5.74, 6) is -0.292. The Balaban J connectivity index is 2.58. The predicted molar refractivity (Wildman–Crippen MR) is 56.0 cm³/mol. The summed E-state index contributed by atoms with van der Waals surface area (Å²) in [7, 11) is 0. The maximum atomic E-state index is 13.0. The SMILES string of the molecule is Cc1cc(-c2cc(F)ccc2O)ccn1. The van der Waals surface area contributed by atoms with Crippen LogP contribution in [0, 0.1) is 12.7 Å². The van der Waals surface area contributed by atoms with Crippen molar-refractivity contribution in [3.8, 4) is 16.9 Å². The maximum absolute atomic E-state index is 13.0. The average molecular weight is 203 g/mol. The Morgan fingerprint density at radius 3 is 2.73 bits per heavy atom. The van der Waals surface area contributed by atoms with Crippen molar-refractivity contribution in [1.29, 1.82) is 0 Å². The van der Waals surface area contributed by atoms with Crippen LogP contribution in [-0.2, 0) is 0 Å². The minimum absolute atomic E-state index is 0.0713. The van der Waals surface area contributed by atoms with E-state index in [0.29, 0.717) is 5.56 Å². The molecule has 0 fully saturated rings. The van der Waals surface area contributed by atoms with Crippen molar-refractivity contribution in [3.63, 3.8) is 0 Å². The van der Waals surface area contributed by atoms with Crippen LogP contribution in [0.15, 0.2) is 36.5 Å². The molecular formula is C12H10FNO. The van der Waals surface area contributed by atoms with Crippen LogP contribution in [0.1, 0.15) is 5.69 Å². The van der Waals surface area contributed by atoms with Gasteiger partial charge < -0.3 is 5.11 Å². The highest BCUT2D eigenvalue weighted by molar-refractivity contribution is 5.69. The van der Waals surface area contributed by atoms with Gasteiger partial charge in [0.1, 0.15) is 11.6 Å². The third-order valence-electron chi connectivity index (χ3n) is 2.17. The number of phenolic OH excluding ortho intramolecular Hbond substituents is 1. The van der Waals surface area contributed by atoms with Crippen molar-refractivity contribution >= 4 is 0 Å². The second kappa shape index (κ2) is 3.69. The topological polar surface area (TPSA) is 33.1 Å². The standard InChI is InChI=1S/C12H10FNO/c1-8-6-9(4-5-14-8)11-7-10(13)2-3-12(11)15/h2-7,15H,1H3. The molecule has 0 saturated heterocycles. The quantitative estimate of drug-likeness (QED) is 0.773. The van der Waals surface area contributed by atoms with Crippen molar-refractivity contribution in [2.75, 3.05) is 0 Å². The van der Waals surface area contributed by atoms with Gasteiger partial charge in [0, 0.05) is 17.5 Å². The van der Waals surface area contributed by atoms with Gasteiger partial charge in [-0.1, -0.05) is 0 Å². The van der Waals surface area contributed by atoms with Gasteiger partial charge in [-0.3, -0.25) is 4.98 Å². The first kappa shape index (κ1) is 9.65. The molecule has 2 rings (SSSR count). The summed E-state index contributed by atoms with van der Waals surface area (Å²) < 4.78 is 13.0. The largest absolute Gasteiger partial charge is 0.507 e.